The Kier molecular flexibility index (Phi) is 4.97. The number of ether oxygens (including phenoxy) is 3. The van der Waals surface area contributed by atoms with E-state index in [0.717, 1.165) is 11.3 Å². The fraction of sp³-hybridized carbons (Fsp3) is 0.316. The van der Waals surface area contributed by atoms with Gasteiger partial charge in [0.05, 0.1) is 24.4 Å². The van der Waals surface area contributed by atoms with Crippen molar-refractivity contribution in [3.63, 3.8) is 0 Å². The molecule has 0 radical (unpaired) electrons. The summed E-state index contributed by atoms with van der Waals surface area (Å²) in [5, 5.41) is 2.81. The van der Waals surface area contributed by atoms with Gasteiger partial charge in [0.1, 0.15) is 5.75 Å². The predicted molar refractivity (Wildman–Crippen MR) is 96.1 cm³/mol. The molecule has 0 saturated carbocycles. The smallest absolute Gasteiger partial charge is 0.231 e. The van der Waals surface area contributed by atoms with E-state index in [9.17, 15) is 4.79 Å². The molecule has 1 aliphatic heterocycles. The first kappa shape index (κ1) is 17.0. The average Bonchev–Trinajstić information content (AvgIpc) is 3.01. The summed E-state index contributed by atoms with van der Waals surface area (Å²) in [4.78, 5) is 12.3. The van der Waals surface area contributed by atoms with Crippen molar-refractivity contribution in [2.24, 2.45) is 5.92 Å². The van der Waals surface area contributed by atoms with E-state index >= 15 is 0 Å². The van der Waals surface area contributed by atoms with Gasteiger partial charge in [-0.15, -0.1) is 0 Å². The Labute approximate surface area is 146 Å². The van der Waals surface area contributed by atoms with Crippen LogP contribution in [0.5, 0.6) is 17.2 Å². The van der Waals surface area contributed by atoms with E-state index < -0.39 is 0 Å². The van der Waals surface area contributed by atoms with Gasteiger partial charge in [-0.25, -0.2) is 0 Å². The molecular formula is C19H22N2O4. The Bertz CT molecular complexity index is 757. The van der Waals surface area contributed by atoms with Gasteiger partial charge < -0.3 is 25.3 Å². The summed E-state index contributed by atoms with van der Waals surface area (Å²) in [6, 6.07) is 10.9. The van der Waals surface area contributed by atoms with Crippen molar-refractivity contribution in [2.45, 2.75) is 20.3 Å². The van der Waals surface area contributed by atoms with E-state index in [-0.39, 0.29) is 19.1 Å². The van der Waals surface area contributed by atoms with Crippen molar-refractivity contribution >= 4 is 17.3 Å². The van der Waals surface area contributed by atoms with Gasteiger partial charge in [0.2, 0.25) is 12.7 Å². The maximum atomic E-state index is 12.3. The molecule has 1 aliphatic rings. The molecule has 25 heavy (non-hydrogen) atoms. The summed E-state index contributed by atoms with van der Waals surface area (Å²) in [6.45, 7) is 5.03. The molecular weight excluding hydrogens is 320 g/mol. The van der Waals surface area contributed by atoms with Crippen molar-refractivity contribution in [3.8, 4) is 17.2 Å². The number of nitrogens with two attached hydrogens (primary N) is 1. The third-order valence-electron chi connectivity index (χ3n) is 3.69. The Morgan fingerprint density at radius 3 is 2.56 bits per heavy atom. The van der Waals surface area contributed by atoms with Gasteiger partial charge in [-0.1, -0.05) is 26.0 Å². The van der Waals surface area contributed by atoms with Crippen molar-refractivity contribution in [1.82, 2.24) is 0 Å². The number of carbonyl (C=O) groups excluding carboxylic acids is 1. The maximum absolute atomic E-state index is 12.3. The first-order valence-electron chi connectivity index (χ1n) is 8.22. The van der Waals surface area contributed by atoms with Crippen LogP contribution >= 0.6 is 0 Å². The minimum atomic E-state index is -0.151. The van der Waals surface area contributed by atoms with Gasteiger partial charge in [-0.3, -0.25) is 4.79 Å². The molecule has 0 unspecified atom stereocenters. The maximum Gasteiger partial charge on any atom is 0.231 e. The molecule has 3 N–H and O–H groups in total. The fourth-order valence-corrected chi connectivity index (χ4v) is 2.41. The van der Waals surface area contributed by atoms with Crippen LogP contribution in [0.1, 0.15) is 19.4 Å². The SMILES string of the molecule is CC(C)COc1ccc(CC(=O)Nc2cc3c(cc2N)OCO3)cc1. The molecule has 1 amide bonds. The molecule has 0 saturated heterocycles. The van der Waals surface area contributed by atoms with Crippen LogP contribution in [-0.2, 0) is 11.2 Å². The lowest BCUT2D eigenvalue weighted by atomic mass is 10.1. The molecule has 0 aliphatic carbocycles. The lowest BCUT2D eigenvalue weighted by Gasteiger charge is -2.11. The second kappa shape index (κ2) is 7.34. The second-order valence-electron chi connectivity index (χ2n) is 6.37. The van der Waals surface area contributed by atoms with Crippen molar-refractivity contribution in [1.29, 1.82) is 0 Å². The number of carbonyl (C=O) groups is 1. The van der Waals surface area contributed by atoms with Gasteiger partial charge in [0.25, 0.3) is 0 Å². The van der Waals surface area contributed by atoms with E-state index in [1.807, 2.05) is 24.3 Å². The molecule has 0 spiro atoms. The molecule has 6 nitrogen and oxygen atoms in total. The molecule has 2 aromatic carbocycles. The van der Waals surface area contributed by atoms with Crippen molar-refractivity contribution in [3.05, 3.63) is 42.0 Å². The zero-order valence-corrected chi connectivity index (χ0v) is 14.4. The monoisotopic (exact) mass is 342 g/mol. The summed E-state index contributed by atoms with van der Waals surface area (Å²) in [5.74, 6) is 2.29. The molecule has 0 bridgehead atoms. The number of nitrogens with one attached hydrogen (secondary N) is 1. The summed E-state index contributed by atoms with van der Waals surface area (Å²) in [5.41, 5.74) is 7.80. The highest BCUT2D eigenvalue weighted by Crippen LogP contribution is 2.38. The quantitative estimate of drug-likeness (QED) is 0.788. The van der Waals surface area contributed by atoms with Crippen LogP contribution in [0.4, 0.5) is 11.4 Å². The first-order valence-corrected chi connectivity index (χ1v) is 8.22. The van der Waals surface area contributed by atoms with Crippen LogP contribution in [0.2, 0.25) is 0 Å². The second-order valence-corrected chi connectivity index (χ2v) is 6.37. The predicted octanol–water partition coefficient (Wildman–Crippen LogP) is 3.21. The van der Waals surface area contributed by atoms with Gasteiger partial charge in [-0.05, 0) is 23.6 Å². The third-order valence-corrected chi connectivity index (χ3v) is 3.69. The van der Waals surface area contributed by atoms with Crippen molar-refractivity contribution < 1.29 is 19.0 Å². The number of hydrogen-bond donors (Lipinski definition) is 2. The summed E-state index contributed by atoms with van der Waals surface area (Å²) in [7, 11) is 0. The van der Waals surface area contributed by atoms with Gasteiger partial charge in [0, 0.05) is 12.1 Å². The average molecular weight is 342 g/mol. The minimum Gasteiger partial charge on any atom is -0.493 e. The fourth-order valence-electron chi connectivity index (χ4n) is 2.41. The lowest BCUT2D eigenvalue weighted by molar-refractivity contribution is -0.115. The van der Waals surface area contributed by atoms with Gasteiger partial charge in [0.15, 0.2) is 11.5 Å². The Morgan fingerprint density at radius 2 is 1.88 bits per heavy atom. The summed E-state index contributed by atoms with van der Waals surface area (Å²) >= 11 is 0. The summed E-state index contributed by atoms with van der Waals surface area (Å²) < 4.78 is 16.2. The van der Waals surface area contributed by atoms with Crippen LogP contribution in [-0.4, -0.2) is 19.3 Å². The van der Waals surface area contributed by atoms with E-state index in [1.165, 1.54) is 0 Å². The van der Waals surface area contributed by atoms with Gasteiger partial charge in [-0.2, -0.15) is 0 Å². The molecule has 3 rings (SSSR count). The lowest BCUT2D eigenvalue weighted by Crippen LogP contribution is -2.15. The van der Waals surface area contributed by atoms with Crippen LogP contribution in [0.15, 0.2) is 36.4 Å². The topological polar surface area (TPSA) is 82.8 Å². The highest BCUT2D eigenvalue weighted by Gasteiger charge is 2.17. The van der Waals surface area contributed by atoms with E-state index in [1.54, 1.807) is 12.1 Å². The number of amides is 1. The standard InChI is InChI=1S/C19H22N2O4/c1-12(2)10-23-14-5-3-13(4-6-14)7-19(22)21-16-9-18-17(8-15(16)20)24-11-25-18/h3-6,8-9,12H,7,10-11,20H2,1-2H3,(H,21,22). The Balaban J connectivity index is 1.59. The highest BCUT2D eigenvalue weighted by molar-refractivity contribution is 5.95. The zero-order chi connectivity index (χ0) is 17.8. The zero-order valence-electron chi connectivity index (χ0n) is 14.4. The molecule has 2 aromatic rings. The normalized spacial score (nSPS) is 12.3. The third kappa shape index (κ3) is 4.35. The molecule has 0 fully saturated rings. The number of nitrogen functional groups attached to an aromatic ring is 1. The van der Waals surface area contributed by atoms with Gasteiger partial charge >= 0.3 is 0 Å². The molecule has 6 heteroatoms. The largest absolute Gasteiger partial charge is 0.493 e. The van der Waals surface area contributed by atoms with Crippen molar-refractivity contribution in [2.75, 3.05) is 24.5 Å². The Morgan fingerprint density at radius 1 is 1.20 bits per heavy atom. The number of hydrogen-bond acceptors (Lipinski definition) is 5. The number of fused-ring (bicyclic) bond motifs is 1. The number of rotatable bonds is 6. The molecule has 1 heterocycles. The number of anilines is 2. The Hall–Kier alpha value is -2.89. The van der Waals surface area contributed by atoms with Crippen LogP contribution in [0.3, 0.4) is 0 Å². The molecule has 132 valence electrons. The minimum absolute atomic E-state index is 0.151. The first-order chi connectivity index (χ1) is 12.0. The number of benzene rings is 2. The molecule has 0 aromatic heterocycles. The van der Waals surface area contributed by atoms with E-state index in [2.05, 4.69) is 19.2 Å². The van der Waals surface area contributed by atoms with Crippen LogP contribution < -0.4 is 25.3 Å². The van der Waals surface area contributed by atoms with Crippen LogP contribution in [0, 0.1) is 5.92 Å². The van der Waals surface area contributed by atoms with Crippen LogP contribution in [0.25, 0.3) is 0 Å². The molecule has 0 atom stereocenters. The van der Waals surface area contributed by atoms with E-state index in [4.69, 9.17) is 19.9 Å². The summed E-state index contributed by atoms with van der Waals surface area (Å²) in [6.07, 6.45) is 0.248. The highest BCUT2D eigenvalue weighted by atomic mass is 16.7. The van der Waals surface area contributed by atoms with E-state index in [0.29, 0.717) is 35.4 Å².